The Balaban J connectivity index is 1.44. The summed E-state index contributed by atoms with van der Waals surface area (Å²) in [5.41, 5.74) is 3.16. The van der Waals surface area contributed by atoms with Crippen molar-refractivity contribution in [1.29, 1.82) is 0 Å². The summed E-state index contributed by atoms with van der Waals surface area (Å²) in [6, 6.07) is 3.42. The van der Waals surface area contributed by atoms with Crippen molar-refractivity contribution in [2.75, 3.05) is 26.2 Å². The van der Waals surface area contributed by atoms with Gasteiger partial charge in [0.05, 0.1) is 6.54 Å². The van der Waals surface area contributed by atoms with Gasteiger partial charge in [-0.25, -0.2) is 8.78 Å². The summed E-state index contributed by atoms with van der Waals surface area (Å²) < 4.78 is 28.1. The van der Waals surface area contributed by atoms with Gasteiger partial charge in [-0.15, -0.1) is 0 Å². The Kier molecular flexibility index (Phi) is 6.79. The number of hydrogen-bond donors (Lipinski definition) is 1. The minimum atomic E-state index is -0.861. The van der Waals surface area contributed by atoms with Crippen molar-refractivity contribution in [2.24, 2.45) is 0 Å². The predicted octanol–water partition coefficient (Wildman–Crippen LogP) is 2.97. The molecule has 1 aromatic heterocycles. The molecule has 0 bridgehead atoms. The maximum atomic E-state index is 14.1. The van der Waals surface area contributed by atoms with Crippen LogP contribution in [0.4, 0.5) is 8.78 Å². The summed E-state index contributed by atoms with van der Waals surface area (Å²) in [5, 5.41) is 3.01. The summed E-state index contributed by atoms with van der Waals surface area (Å²) in [6.45, 7) is 5.17. The largest absolute Gasteiger partial charge is 0.351 e. The zero-order valence-corrected chi connectivity index (χ0v) is 18.3. The molecule has 170 valence electrons. The third-order valence-electron chi connectivity index (χ3n) is 6.34. The molecule has 1 fully saturated rings. The molecule has 0 unspecified atom stereocenters. The Bertz CT molecular complexity index is 1000. The third-order valence-corrected chi connectivity index (χ3v) is 6.34. The van der Waals surface area contributed by atoms with Crippen LogP contribution >= 0.6 is 0 Å². The second-order valence-electron chi connectivity index (χ2n) is 8.51. The first-order valence-corrected chi connectivity index (χ1v) is 11.1. The van der Waals surface area contributed by atoms with Gasteiger partial charge in [-0.1, -0.05) is 12.5 Å². The van der Waals surface area contributed by atoms with Gasteiger partial charge in [0.1, 0.15) is 17.2 Å². The minimum Gasteiger partial charge on any atom is -0.351 e. The highest BCUT2D eigenvalue weighted by Crippen LogP contribution is 2.26. The molecule has 2 aliphatic rings. The second kappa shape index (κ2) is 9.73. The number of carbonyl (C=O) groups is 2. The van der Waals surface area contributed by atoms with Crippen LogP contribution in [0.3, 0.4) is 0 Å². The maximum Gasteiger partial charge on any atom is 0.260 e. The second-order valence-corrected chi connectivity index (χ2v) is 8.51. The first-order valence-electron chi connectivity index (χ1n) is 11.1. The maximum absolute atomic E-state index is 14.1. The van der Waals surface area contributed by atoms with Crippen LogP contribution in [0.5, 0.6) is 0 Å². The molecule has 1 saturated heterocycles. The number of pyridine rings is 1. The van der Waals surface area contributed by atoms with Crippen molar-refractivity contribution in [1.82, 2.24) is 20.1 Å². The smallest absolute Gasteiger partial charge is 0.260 e. The first-order chi connectivity index (χ1) is 15.4. The van der Waals surface area contributed by atoms with Gasteiger partial charge in [-0.2, -0.15) is 0 Å². The van der Waals surface area contributed by atoms with E-state index in [1.165, 1.54) is 17.4 Å². The number of nitrogens with one attached hydrogen (secondary N) is 1. The monoisotopic (exact) mass is 442 g/mol. The van der Waals surface area contributed by atoms with Crippen LogP contribution in [0.15, 0.2) is 24.4 Å². The Hall–Kier alpha value is -2.87. The number of carbonyl (C=O) groups excluding carboxylic acids is 2. The molecule has 0 atom stereocenters. The predicted molar refractivity (Wildman–Crippen MR) is 116 cm³/mol. The van der Waals surface area contributed by atoms with Crippen LogP contribution in [0.25, 0.3) is 0 Å². The van der Waals surface area contributed by atoms with E-state index in [4.69, 9.17) is 0 Å². The van der Waals surface area contributed by atoms with E-state index >= 15 is 0 Å². The average Bonchev–Trinajstić information content (AvgIpc) is 2.78. The molecule has 4 rings (SSSR count). The summed E-state index contributed by atoms with van der Waals surface area (Å²) in [5.74, 6) is -2.39. The minimum absolute atomic E-state index is 0.00783. The topological polar surface area (TPSA) is 65.5 Å². The number of likely N-dealkylation sites (tertiary alicyclic amines) is 1. The molecule has 8 heteroatoms. The first kappa shape index (κ1) is 22.3. The SMILES string of the molecule is Cc1ncc2c(c1CNC(=O)CN1CCCCC1)CCN(C(=O)c1c(F)cccc1F)C2. The van der Waals surface area contributed by atoms with Crippen molar-refractivity contribution in [3.63, 3.8) is 0 Å². The molecule has 2 amide bonds. The van der Waals surface area contributed by atoms with Gasteiger partial charge in [-0.3, -0.25) is 19.5 Å². The number of halogens is 2. The van der Waals surface area contributed by atoms with E-state index in [1.807, 2.05) is 6.92 Å². The van der Waals surface area contributed by atoms with E-state index in [1.54, 1.807) is 6.20 Å². The number of hydrogen-bond acceptors (Lipinski definition) is 4. The van der Waals surface area contributed by atoms with E-state index in [0.717, 1.165) is 60.4 Å². The zero-order valence-electron chi connectivity index (χ0n) is 18.3. The lowest BCUT2D eigenvalue weighted by atomic mass is 9.94. The van der Waals surface area contributed by atoms with Crippen LogP contribution in [-0.2, 0) is 24.3 Å². The summed E-state index contributed by atoms with van der Waals surface area (Å²) in [7, 11) is 0. The molecule has 2 aromatic rings. The quantitative estimate of drug-likeness (QED) is 0.773. The van der Waals surface area contributed by atoms with Crippen LogP contribution < -0.4 is 5.32 Å². The van der Waals surface area contributed by atoms with E-state index in [-0.39, 0.29) is 12.5 Å². The number of aryl methyl sites for hydroxylation is 1. The fourth-order valence-electron chi connectivity index (χ4n) is 4.55. The van der Waals surface area contributed by atoms with Gasteiger partial charge < -0.3 is 10.2 Å². The molecule has 0 aliphatic carbocycles. The number of rotatable bonds is 5. The van der Waals surface area contributed by atoms with Gasteiger partial charge in [0, 0.05) is 31.5 Å². The fraction of sp³-hybridized carbons (Fsp3) is 0.458. The van der Waals surface area contributed by atoms with Crippen molar-refractivity contribution < 1.29 is 18.4 Å². The van der Waals surface area contributed by atoms with Gasteiger partial charge in [0.2, 0.25) is 5.91 Å². The Morgan fingerprint density at radius 2 is 1.81 bits per heavy atom. The molecule has 32 heavy (non-hydrogen) atoms. The Morgan fingerprint density at radius 1 is 1.09 bits per heavy atom. The summed E-state index contributed by atoms with van der Waals surface area (Å²) in [6.07, 6.45) is 5.74. The van der Waals surface area contributed by atoms with Gasteiger partial charge in [-0.05, 0) is 68.1 Å². The van der Waals surface area contributed by atoms with Crippen LogP contribution in [0.2, 0.25) is 0 Å². The van der Waals surface area contributed by atoms with Crippen LogP contribution in [-0.4, -0.2) is 52.8 Å². The lowest BCUT2D eigenvalue weighted by Crippen LogP contribution is -2.40. The molecule has 0 radical (unpaired) electrons. The molecule has 0 saturated carbocycles. The average molecular weight is 443 g/mol. The number of aromatic nitrogens is 1. The van der Waals surface area contributed by atoms with Crippen LogP contribution in [0, 0.1) is 18.6 Å². The molecule has 3 heterocycles. The Labute approximate surface area is 186 Å². The van der Waals surface area contributed by atoms with E-state index in [0.29, 0.717) is 26.1 Å². The van der Waals surface area contributed by atoms with Crippen molar-refractivity contribution in [3.05, 3.63) is 64.0 Å². The molecule has 2 aliphatic heterocycles. The molecule has 1 N–H and O–H groups in total. The van der Waals surface area contributed by atoms with Crippen LogP contribution in [0.1, 0.15) is 52.0 Å². The molecule has 1 aromatic carbocycles. The number of piperidine rings is 1. The number of fused-ring (bicyclic) bond motifs is 1. The van der Waals surface area contributed by atoms with Crippen molar-refractivity contribution in [3.8, 4) is 0 Å². The number of nitrogens with zero attached hydrogens (tertiary/aromatic N) is 3. The van der Waals surface area contributed by atoms with E-state index < -0.39 is 23.1 Å². The standard InChI is InChI=1S/C24H28F2N4O2/c1-16-19(13-28-22(31)15-29-9-3-2-4-10-29)18-8-11-30(14-17(18)12-27-16)24(32)23-20(25)6-5-7-21(23)26/h5-7,12H,2-4,8-11,13-15H2,1H3,(H,28,31). The van der Waals surface area contributed by atoms with Crippen molar-refractivity contribution >= 4 is 11.8 Å². The van der Waals surface area contributed by atoms with E-state index in [9.17, 15) is 18.4 Å². The highest BCUT2D eigenvalue weighted by atomic mass is 19.1. The summed E-state index contributed by atoms with van der Waals surface area (Å²) >= 11 is 0. The number of benzene rings is 1. The Morgan fingerprint density at radius 3 is 2.53 bits per heavy atom. The number of amides is 2. The summed E-state index contributed by atoms with van der Waals surface area (Å²) in [4.78, 5) is 33.3. The molecular weight excluding hydrogens is 414 g/mol. The molecule has 0 spiro atoms. The zero-order chi connectivity index (χ0) is 22.7. The van der Waals surface area contributed by atoms with Gasteiger partial charge >= 0.3 is 0 Å². The lowest BCUT2D eigenvalue weighted by Gasteiger charge is -2.31. The fourth-order valence-corrected chi connectivity index (χ4v) is 4.55. The molecular formula is C24H28F2N4O2. The van der Waals surface area contributed by atoms with Gasteiger partial charge in [0.25, 0.3) is 5.91 Å². The lowest BCUT2D eigenvalue weighted by molar-refractivity contribution is -0.122. The third kappa shape index (κ3) is 4.80. The highest BCUT2D eigenvalue weighted by molar-refractivity contribution is 5.95. The van der Waals surface area contributed by atoms with Gasteiger partial charge in [0.15, 0.2) is 0 Å². The van der Waals surface area contributed by atoms with Crippen molar-refractivity contribution in [2.45, 2.75) is 45.7 Å². The normalized spacial score (nSPS) is 16.5. The van der Waals surface area contributed by atoms with E-state index in [2.05, 4.69) is 15.2 Å². The highest BCUT2D eigenvalue weighted by Gasteiger charge is 2.28. The molecule has 6 nitrogen and oxygen atoms in total.